The van der Waals surface area contributed by atoms with Crippen molar-refractivity contribution in [3.8, 4) is 11.1 Å². The van der Waals surface area contributed by atoms with Crippen LogP contribution < -0.4 is 5.32 Å². The maximum Gasteiger partial charge on any atom is 0.271 e. The Balaban J connectivity index is 1.47. The number of fused-ring (bicyclic) bond motifs is 1. The molecule has 0 atom stereocenters. The summed E-state index contributed by atoms with van der Waals surface area (Å²) in [6.07, 6.45) is 3.78. The monoisotopic (exact) mass is 383 g/mol. The van der Waals surface area contributed by atoms with Crippen LogP contribution in [0, 0.1) is 0 Å². The zero-order valence-corrected chi connectivity index (χ0v) is 17.0. The van der Waals surface area contributed by atoms with E-state index in [-0.39, 0.29) is 11.3 Å². The average molecular weight is 383 g/mol. The lowest BCUT2D eigenvalue weighted by Gasteiger charge is -2.19. The summed E-state index contributed by atoms with van der Waals surface area (Å²) in [7, 11) is 0. The van der Waals surface area contributed by atoms with Crippen molar-refractivity contribution in [1.82, 2.24) is 14.7 Å². The highest BCUT2D eigenvalue weighted by atomic mass is 16.1. The van der Waals surface area contributed by atoms with E-state index in [4.69, 9.17) is 0 Å². The second-order valence-corrected chi connectivity index (χ2v) is 8.31. The lowest BCUT2D eigenvalue weighted by molar-refractivity contribution is 0.0946. The fraction of sp³-hybridized carbons (Fsp3) is 0.200. The van der Waals surface area contributed by atoms with Crippen LogP contribution in [-0.2, 0) is 12.0 Å². The number of hydrogen-bond donors (Lipinski definition) is 1. The van der Waals surface area contributed by atoms with E-state index in [0.29, 0.717) is 12.2 Å². The normalized spacial score (nSPS) is 11.6. The Hall–Kier alpha value is -3.40. The molecular formula is C25H25N3O. The first-order chi connectivity index (χ1) is 13.9. The van der Waals surface area contributed by atoms with Gasteiger partial charge in [0, 0.05) is 18.9 Å². The molecule has 0 radical (unpaired) electrons. The highest BCUT2D eigenvalue weighted by molar-refractivity contribution is 5.92. The first-order valence-corrected chi connectivity index (χ1v) is 9.82. The molecule has 4 heteroatoms. The van der Waals surface area contributed by atoms with Crippen molar-refractivity contribution in [3.63, 3.8) is 0 Å². The third-order valence-electron chi connectivity index (χ3n) is 5.06. The van der Waals surface area contributed by atoms with E-state index in [0.717, 1.165) is 22.3 Å². The molecule has 0 aliphatic carbocycles. The van der Waals surface area contributed by atoms with E-state index in [2.05, 4.69) is 67.5 Å². The third-order valence-corrected chi connectivity index (χ3v) is 5.06. The minimum absolute atomic E-state index is 0.122. The van der Waals surface area contributed by atoms with E-state index in [1.54, 1.807) is 6.20 Å². The van der Waals surface area contributed by atoms with E-state index >= 15 is 0 Å². The second kappa shape index (κ2) is 7.55. The van der Waals surface area contributed by atoms with Crippen LogP contribution in [0.25, 0.3) is 16.8 Å². The summed E-state index contributed by atoms with van der Waals surface area (Å²) in [5, 5.41) is 2.97. The summed E-state index contributed by atoms with van der Waals surface area (Å²) in [4.78, 5) is 17.0. The zero-order chi connectivity index (χ0) is 20.4. The summed E-state index contributed by atoms with van der Waals surface area (Å²) < 4.78 is 1.90. The van der Waals surface area contributed by atoms with E-state index in [9.17, 15) is 4.79 Å². The number of nitrogens with zero attached hydrogens (tertiary/aromatic N) is 2. The van der Waals surface area contributed by atoms with Gasteiger partial charge in [-0.1, -0.05) is 75.4 Å². The predicted octanol–water partition coefficient (Wildman–Crippen LogP) is 5.23. The second-order valence-electron chi connectivity index (χ2n) is 8.31. The first kappa shape index (κ1) is 18.9. The molecule has 2 aromatic heterocycles. The molecule has 1 amide bonds. The van der Waals surface area contributed by atoms with Crippen molar-refractivity contribution in [3.05, 3.63) is 95.9 Å². The molecule has 146 valence electrons. The Bertz CT molecular complexity index is 1140. The number of amides is 1. The van der Waals surface area contributed by atoms with Gasteiger partial charge >= 0.3 is 0 Å². The van der Waals surface area contributed by atoms with Crippen molar-refractivity contribution < 1.29 is 4.79 Å². The molecule has 4 rings (SSSR count). The van der Waals surface area contributed by atoms with Gasteiger partial charge in [-0.15, -0.1) is 0 Å². The Morgan fingerprint density at radius 3 is 2.31 bits per heavy atom. The topological polar surface area (TPSA) is 46.4 Å². The molecular weight excluding hydrogens is 358 g/mol. The molecule has 4 aromatic rings. The van der Waals surface area contributed by atoms with Crippen LogP contribution in [0.4, 0.5) is 0 Å². The Kier molecular flexibility index (Phi) is 4.93. The molecule has 0 bridgehead atoms. The molecule has 0 fully saturated rings. The summed E-state index contributed by atoms with van der Waals surface area (Å²) in [5.74, 6) is -0.171. The number of rotatable bonds is 4. The van der Waals surface area contributed by atoms with Crippen molar-refractivity contribution in [2.24, 2.45) is 0 Å². The van der Waals surface area contributed by atoms with Crippen LogP contribution in [0.5, 0.6) is 0 Å². The summed E-state index contributed by atoms with van der Waals surface area (Å²) >= 11 is 0. The number of imidazole rings is 1. The molecule has 0 unspecified atom stereocenters. The number of pyridine rings is 1. The molecule has 0 saturated carbocycles. The van der Waals surface area contributed by atoms with Crippen LogP contribution >= 0.6 is 0 Å². The van der Waals surface area contributed by atoms with Gasteiger partial charge in [0.05, 0.1) is 0 Å². The summed E-state index contributed by atoms with van der Waals surface area (Å²) in [6.45, 7) is 7.05. The average Bonchev–Trinajstić information content (AvgIpc) is 3.16. The molecule has 0 spiro atoms. The van der Waals surface area contributed by atoms with Crippen molar-refractivity contribution in [1.29, 1.82) is 0 Å². The Morgan fingerprint density at radius 2 is 1.62 bits per heavy atom. The SMILES string of the molecule is CC(C)(C)c1ccc(CNC(=O)c2cn3cc(-c4ccccc4)ccc3n2)cc1. The minimum atomic E-state index is -0.171. The fourth-order valence-corrected chi connectivity index (χ4v) is 3.30. The zero-order valence-electron chi connectivity index (χ0n) is 17.0. The lowest BCUT2D eigenvalue weighted by atomic mass is 9.87. The van der Waals surface area contributed by atoms with Crippen LogP contribution in [0.15, 0.2) is 79.1 Å². The molecule has 0 aliphatic rings. The summed E-state index contributed by atoms with van der Waals surface area (Å²) in [5.41, 5.74) is 5.86. The van der Waals surface area contributed by atoms with Gasteiger partial charge in [-0.25, -0.2) is 4.98 Å². The van der Waals surface area contributed by atoms with Crippen LogP contribution in [0.2, 0.25) is 0 Å². The fourth-order valence-electron chi connectivity index (χ4n) is 3.30. The van der Waals surface area contributed by atoms with Gasteiger partial charge < -0.3 is 9.72 Å². The van der Waals surface area contributed by atoms with Crippen molar-refractivity contribution in [2.45, 2.75) is 32.7 Å². The first-order valence-electron chi connectivity index (χ1n) is 9.82. The largest absolute Gasteiger partial charge is 0.347 e. The van der Waals surface area contributed by atoms with Crippen LogP contribution in [-0.4, -0.2) is 15.3 Å². The van der Waals surface area contributed by atoms with Gasteiger partial charge in [0.2, 0.25) is 0 Å². The van der Waals surface area contributed by atoms with Gasteiger partial charge in [0.15, 0.2) is 0 Å². The van der Waals surface area contributed by atoms with Crippen molar-refractivity contribution in [2.75, 3.05) is 0 Å². The highest BCUT2D eigenvalue weighted by Gasteiger charge is 2.14. The van der Waals surface area contributed by atoms with Gasteiger partial charge in [-0.05, 0) is 39.8 Å². The quantitative estimate of drug-likeness (QED) is 0.525. The molecule has 2 heterocycles. The maximum absolute atomic E-state index is 12.6. The maximum atomic E-state index is 12.6. The highest BCUT2D eigenvalue weighted by Crippen LogP contribution is 2.22. The van der Waals surface area contributed by atoms with Crippen LogP contribution in [0.3, 0.4) is 0 Å². The van der Waals surface area contributed by atoms with Crippen LogP contribution in [0.1, 0.15) is 42.4 Å². The lowest BCUT2D eigenvalue weighted by Crippen LogP contribution is -2.23. The summed E-state index contributed by atoms with van der Waals surface area (Å²) in [6, 6.07) is 22.5. The van der Waals surface area contributed by atoms with Crippen molar-refractivity contribution >= 4 is 11.6 Å². The smallest absolute Gasteiger partial charge is 0.271 e. The van der Waals surface area contributed by atoms with E-state index in [1.807, 2.05) is 40.9 Å². The number of hydrogen-bond acceptors (Lipinski definition) is 2. The molecule has 29 heavy (non-hydrogen) atoms. The number of carbonyl (C=O) groups excluding carboxylic acids is 1. The third kappa shape index (κ3) is 4.21. The Labute approximate surface area is 171 Å². The number of nitrogens with one attached hydrogen (secondary N) is 1. The molecule has 1 N–H and O–H groups in total. The van der Waals surface area contributed by atoms with Gasteiger partial charge in [0.1, 0.15) is 11.3 Å². The van der Waals surface area contributed by atoms with E-state index in [1.165, 1.54) is 5.56 Å². The van der Waals surface area contributed by atoms with Gasteiger partial charge in [-0.2, -0.15) is 0 Å². The molecule has 2 aromatic carbocycles. The molecule has 4 nitrogen and oxygen atoms in total. The van der Waals surface area contributed by atoms with E-state index < -0.39 is 0 Å². The molecule has 0 aliphatic heterocycles. The number of benzene rings is 2. The number of carbonyl (C=O) groups is 1. The van der Waals surface area contributed by atoms with Gasteiger partial charge in [-0.3, -0.25) is 4.79 Å². The molecule has 0 saturated heterocycles. The predicted molar refractivity (Wildman–Crippen MR) is 117 cm³/mol. The standard InChI is InChI=1S/C25H25N3O/c1-25(2,3)21-12-9-18(10-13-21)15-26-24(29)22-17-28-16-20(11-14-23(28)27-22)19-7-5-4-6-8-19/h4-14,16-17H,15H2,1-3H3,(H,26,29). The minimum Gasteiger partial charge on any atom is -0.347 e. The number of aromatic nitrogens is 2. The van der Waals surface area contributed by atoms with Gasteiger partial charge in [0.25, 0.3) is 5.91 Å². The Morgan fingerprint density at radius 1 is 0.897 bits per heavy atom.